The van der Waals surface area contributed by atoms with Gasteiger partial charge in [-0.3, -0.25) is 4.79 Å². The minimum atomic E-state index is -0.116. The van der Waals surface area contributed by atoms with Crippen molar-refractivity contribution >= 4 is 28.2 Å². The van der Waals surface area contributed by atoms with E-state index in [1.807, 2.05) is 19.0 Å². The first-order valence-electron chi connectivity index (χ1n) is 6.26. The van der Waals surface area contributed by atoms with Gasteiger partial charge in [-0.05, 0) is 0 Å². The number of anilines is 2. The number of amides is 1. The lowest BCUT2D eigenvalue weighted by atomic mass is 10.3. The van der Waals surface area contributed by atoms with E-state index in [0.717, 1.165) is 5.13 Å². The predicted octanol–water partition coefficient (Wildman–Crippen LogP) is 0.277. The van der Waals surface area contributed by atoms with Crippen LogP contribution in [0.25, 0.3) is 0 Å². The van der Waals surface area contributed by atoms with E-state index in [-0.39, 0.29) is 23.9 Å². The summed E-state index contributed by atoms with van der Waals surface area (Å²) in [6, 6.07) is 0. The first-order chi connectivity index (χ1) is 9.47. The molecule has 2 N–H and O–H groups in total. The van der Waals surface area contributed by atoms with Gasteiger partial charge < -0.3 is 25.0 Å². The van der Waals surface area contributed by atoms with Gasteiger partial charge in [0.2, 0.25) is 0 Å². The summed E-state index contributed by atoms with van der Waals surface area (Å²) in [5.74, 6) is 0.160. The fraction of sp³-hybridized carbons (Fsp3) is 0.667. The monoisotopic (exact) mass is 300 g/mol. The molecule has 1 amide bonds. The van der Waals surface area contributed by atoms with E-state index in [0.29, 0.717) is 18.0 Å². The summed E-state index contributed by atoms with van der Waals surface area (Å²) in [5.41, 5.74) is 5.84. The van der Waals surface area contributed by atoms with E-state index in [9.17, 15) is 4.79 Å². The third-order valence-corrected chi connectivity index (χ3v) is 4.55. The molecule has 1 saturated heterocycles. The van der Waals surface area contributed by atoms with Crippen molar-refractivity contribution in [3.8, 4) is 0 Å². The number of nitrogens with zero attached hydrogens (tertiary/aromatic N) is 3. The first-order valence-corrected chi connectivity index (χ1v) is 7.08. The normalized spacial score (nSPS) is 22.3. The molecule has 1 aliphatic rings. The van der Waals surface area contributed by atoms with Crippen molar-refractivity contribution in [1.29, 1.82) is 0 Å². The van der Waals surface area contributed by atoms with E-state index < -0.39 is 0 Å². The second-order valence-electron chi connectivity index (χ2n) is 4.86. The third kappa shape index (κ3) is 2.72. The van der Waals surface area contributed by atoms with Gasteiger partial charge in [0.25, 0.3) is 5.91 Å². The number of aromatic nitrogens is 1. The number of hydrogen-bond donors (Lipinski definition) is 1. The Hall–Kier alpha value is -1.38. The molecule has 2 unspecified atom stereocenters. The highest BCUT2D eigenvalue weighted by Crippen LogP contribution is 2.29. The van der Waals surface area contributed by atoms with Crippen molar-refractivity contribution in [1.82, 2.24) is 9.88 Å². The molecule has 2 heterocycles. The Balaban J connectivity index is 2.16. The Kier molecular flexibility index (Phi) is 4.46. The second kappa shape index (κ2) is 5.94. The maximum absolute atomic E-state index is 12.5. The molecule has 1 fully saturated rings. The highest BCUT2D eigenvalue weighted by Gasteiger charge is 2.37. The van der Waals surface area contributed by atoms with Gasteiger partial charge in [-0.1, -0.05) is 11.3 Å². The van der Waals surface area contributed by atoms with Gasteiger partial charge in [0.15, 0.2) is 5.13 Å². The van der Waals surface area contributed by atoms with Crippen LogP contribution in [0.5, 0.6) is 0 Å². The van der Waals surface area contributed by atoms with Gasteiger partial charge in [-0.2, -0.15) is 0 Å². The Morgan fingerprint density at radius 2 is 1.90 bits per heavy atom. The number of nitrogens with two attached hydrogens (primary N) is 1. The van der Waals surface area contributed by atoms with Crippen molar-refractivity contribution in [2.75, 3.05) is 52.0 Å². The van der Waals surface area contributed by atoms with Crippen LogP contribution in [0, 0.1) is 0 Å². The fourth-order valence-electron chi connectivity index (χ4n) is 2.17. The molecule has 2 atom stereocenters. The second-order valence-corrected chi connectivity index (χ2v) is 5.84. The van der Waals surface area contributed by atoms with Crippen molar-refractivity contribution in [2.45, 2.75) is 12.2 Å². The maximum atomic E-state index is 12.5. The lowest BCUT2D eigenvalue weighted by Gasteiger charge is -2.14. The largest absolute Gasteiger partial charge is 0.382 e. The summed E-state index contributed by atoms with van der Waals surface area (Å²) in [4.78, 5) is 20.7. The van der Waals surface area contributed by atoms with E-state index >= 15 is 0 Å². The van der Waals surface area contributed by atoms with Crippen LogP contribution in [0.4, 0.5) is 10.9 Å². The lowest BCUT2D eigenvalue weighted by molar-refractivity contribution is -0.00461. The fourth-order valence-corrected chi connectivity index (χ4v) is 3.05. The zero-order valence-corrected chi connectivity index (χ0v) is 12.9. The minimum absolute atomic E-state index is 0.105. The van der Waals surface area contributed by atoms with Crippen LogP contribution in [0.1, 0.15) is 9.67 Å². The molecule has 8 heteroatoms. The molecule has 2 rings (SSSR count). The van der Waals surface area contributed by atoms with Gasteiger partial charge in [0.05, 0.1) is 0 Å². The highest BCUT2D eigenvalue weighted by molar-refractivity contribution is 7.18. The van der Waals surface area contributed by atoms with Gasteiger partial charge in [0, 0.05) is 41.4 Å². The zero-order valence-electron chi connectivity index (χ0n) is 12.1. The molecule has 0 bridgehead atoms. The maximum Gasteiger partial charge on any atom is 0.268 e. The number of likely N-dealkylation sites (tertiary alicyclic amines) is 1. The van der Waals surface area contributed by atoms with Crippen molar-refractivity contribution in [3.05, 3.63) is 4.88 Å². The molecule has 20 heavy (non-hydrogen) atoms. The van der Waals surface area contributed by atoms with Crippen LogP contribution in [0.2, 0.25) is 0 Å². The molecular formula is C12H20N4O3S. The summed E-state index contributed by atoms with van der Waals surface area (Å²) >= 11 is 1.30. The number of thiazole rings is 1. The molecule has 112 valence electrons. The summed E-state index contributed by atoms with van der Waals surface area (Å²) in [6.45, 7) is 1.00. The van der Waals surface area contributed by atoms with Crippen LogP contribution in [0.3, 0.4) is 0 Å². The molecule has 1 aliphatic heterocycles. The SMILES string of the molecule is COC1CN(C(=O)c2sc(N(C)C)nc2N)CC1OC. The minimum Gasteiger partial charge on any atom is -0.382 e. The first kappa shape index (κ1) is 15.0. The lowest BCUT2D eigenvalue weighted by Crippen LogP contribution is -2.30. The summed E-state index contributed by atoms with van der Waals surface area (Å²) in [6.07, 6.45) is -0.210. The van der Waals surface area contributed by atoms with E-state index in [4.69, 9.17) is 15.2 Å². The van der Waals surface area contributed by atoms with Crippen LogP contribution in [-0.2, 0) is 9.47 Å². The zero-order chi connectivity index (χ0) is 14.9. The number of nitrogen functional groups attached to an aromatic ring is 1. The summed E-state index contributed by atoms with van der Waals surface area (Å²) < 4.78 is 10.7. The van der Waals surface area contributed by atoms with E-state index in [2.05, 4.69) is 4.98 Å². The van der Waals surface area contributed by atoms with E-state index in [1.54, 1.807) is 19.1 Å². The summed E-state index contributed by atoms with van der Waals surface area (Å²) in [5, 5.41) is 0.719. The van der Waals surface area contributed by atoms with Gasteiger partial charge in [0.1, 0.15) is 22.9 Å². The number of hydrogen-bond acceptors (Lipinski definition) is 7. The molecule has 1 aromatic heterocycles. The molecule has 0 saturated carbocycles. The van der Waals surface area contributed by atoms with Crippen LogP contribution in [0.15, 0.2) is 0 Å². The average Bonchev–Trinajstić information content (AvgIpc) is 3.01. The van der Waals surface area contributed by atoms with Crippen molar-refractivity contribution in [3.63, 3.8) is 0 Å². The number of carbonyl (C=O) groups is 1. The van der Waals surface area contributed by atoms with Gasteiger partial charge in [-0.25, -0.2) is 4.98 Å². The van der Waals surface area contributed by atoms with Crippen molar-refractivity contribution < 1.29 is 14.3 Å². The van der Waals surface area contributed by atoms with Gasteiger partial charge in [-0.15, -0.1) is 0 Å². The van der Waals surface area contributed by atoms with Crippen LogP contribution >= 0.6 is 11.3 Å². The molecule has 0 spiro atoms. The van der Waals surface area contributed by atoms with Crippen LogP contribution in [-0.4, -0.2) is 69.4 Å². The van der Waals surface area contributed by atoms with Crippen molar-refractivity contribution in [2.24, 2.45) is 0 Å². The molecular weight excluding hydrogens is 280 g/mol. The molecule has 0 aromatic carbocycles. The predicted molar refractivity (Wildman–Crippen MR) is 78.4 cm³/mol. The quantitative estimate of drug-likeness (QED) is 0.860. The molecule has 0 aliphatic carbocycles. The molecule has 0 radical (unpaired) electrons. The Bertz CT molecular complexity index is 479. The topological polar surface area (TPSA) is 80.9 Å². The standard InChI is InChI=1S/C12H20N4O3S/c1-15(2)12-14-10(13)9(20-12)11(17)16-5-7(18-3)8(6-16)19-4/h7-8H,5-6,13H2,1-4H3. The third-order valence-electron chi connectivity index (χ3n) is 3.33. The number of ether oxygens (including phenoxy) is 2. The van der Waals surface area contributed by atoms with E-state index in [1.165, 1.54) is 11.3 Å². The smallest absolute Gasteiger partial charge is 0.268 e. The molecule has 7 nitrogen and oxygen atoms in total. The summed E-state index contributed by atoms with van der Waals surface area (Å²) in [7, 11) is 6.97. The van der Waals surface area contributed by atoms with Gasteiger partial charge >= 0.3 is 0 Å². The van der Waals surface area contributed by atoms with Crippen LogP contribution < -0.4 is 10.6 Å². The Morgan fingerprint density at radius 3 is 2.30 bits per heavy atom. The number of methoxy groups -OCH3 is 2. The number of carbonyl (C=O) groups excluding carboxylic acids is 1. The highest BCUT2D eigenvalue weighted by atomic mass is 32.1. The Morgan fingerprint density at radius 1 is 1.35 bits per heavy atom. The molecule has 1 aromatic rings. The Labute approximate surface area is 122 Å². The average molecular weight is 300 g/mol. The number of rotatable bonds is 4.